The number of aromatic amines is 1. The third-order valence-corrected chi connectivity index (χ3v) is 5.08. The topological polar surface area (TPSA) is 134 Å². The van der Waals surface area contributed by atoms with Crippen LogP contribution in [-0.4, -0.2) is 71.3 Å². The molecule has 0 saturated heterocycles. The number of halogens is 4. The fourth-order valence-electron chi connectivity index (χ4n) is 2.67. The van der Waals surface area contributed by atoms with Crippen molar-refractivity contribution in [1.82, 2.24) is 38.7 Å². The second-order valence-corrected chi connectivity index (χ2v) is 7.16. The standard InChI is InChI=1S/C9H11ClN4O2.C8H9ClN4O2.CH3F.CH3I.CH4S.Li.H/c1-5(16-3)7-11-4-6-8(15)13(2)9(10)12-14(6)7;1-4(15-2)6-10-3-5-7(14)11-8(9)12-13(5)6;3*1-2;;/h4-5H,1-3H3;3-4H,1-2H3,(H,11,12,14);2*1H3;2H,1H3;;/q;;;;;+1;-1/i;;1D;;1D;;. The maximum Gasteiger partial charge on any atom is 1.00 e. The Morgan fingerprint density at radius 2 is 1.50 bits per heavy atom. The molecule has 0 aromatic carbocycles. The second-order valence-electron chi connectivity index (χ2n) is 6.46. The van der Waals surface area contributed by atoms with Gasteiger partial charge in [-0.1, -0.05) is 22.6 Å². The smallest absolute Gasteiger partial charge is 1.00 e. The molecule has 38 heavy (non-hydrogen) atoms. The van der Waals surface area contributed by atoms with Crippen molar-refractivity contribution in [3.05, 3.63) is 55.3 Å². The van der Waals surface area contributed by atoms with Gasteiger partial charge in [0.1, 0.15) is 12.2 Å². The van der Waals surface area contributed by atoms with Crippen LogP contribution in [0.4, 0.5) is 4.39 Å². The van der Waals surface area contributed by atoms with Crippen molar-refractivity contribution in [1.29, 1.82) is 0 Å². The number of thiol groups is 1. The van der Waals surface area contributed by atoms with Gasteiger partial charge in [-0.25, -0.2) is 19.0 Å². The summed E-state index contributed by atoms with van der Waals surface area (Å²) in [6.45, 7) is 3.63. The predicted octanol–water partition coefficient (Wildman–Crippen LogP) is 0.867. The number of nitrogens with zero attached hydrogens (tertiary/aromatic N) is 7. The summed E-state index contributed by atoms with van der Waals surface area (Å²) in [5.41, 5.74) is 0.170. The Bertz CT molecular complexity index is 1420. The van der Waals surface area contributed by atoms with Crippen LogP contribution >= 0.6 is 58.4 Å². The molecule has 0 radical (unpaired) electrons. The van der Waals surface area contributed by atoms with E-state index in [1.165, 1.54) is 26.0 Å². The molecule has 4 rings (SSSR count). The van der Waals surface area contributed by atoms with Crippen LogP contribution in [0.15, 0.2) is 22.0 Å². The average Bonchev–Trinajstić information content (AvgIpc) is 3.54. The van der Waals surface area contributed by atoms with Crippen molar-refractivity contribution in [2.45, 2.75) is 26.1 Å². The minimum absolute atomic E-state index is 0. The zero-order valence-corrected chi connectivity index (χ0v) is 26.5. The fraction of sp³-hybridized carbons (Fsp3) is 0.500. The minimum Gasteiger partial charge on any atom is -1.00 e. The van der Waals surface area contributed by atoms with E-state index >= 15 is 0 Å². The van der Waals surface area contributed by atoms with Crippen molar-refractivity contribution in [3.8, 4) is 0 Å². The van der Waals surface area contributed by atoms with Gasteiger partial charge in [-0.3, -0.25) is 23.5 Å². The Morgan fingerprint density at radius 1 is 1.08 bits per heavy atom. The predicted molar refractivity (Wildman–Crippen MR) is 156 cm³/mol. The van der Waals surface area contributed by atoms with Gasteiger partial charge in [0.25, 0.3) is 11.1 Å². The zero-order chi connectivity index (χ0) is 30.3. The van der Waals surface area contributed by atoms with Gasteiger partial charge in [-0.05, 0) is 48.2 Å². The summed E-state index contributed by atoms with van der Waals surface area (Å²) < 4.78 is 35.9. The van der Waals surface area contributed by atoms with E-state index in [9.17, 15) is 14.0 Å². The number of methoxy groups -OCH3 is 2. The van der Waals surface area contributed by atoms with E-state index in [1.807, 2.05) is 18.8 Å². The van der Waals surface area contributed by atoms with Crippen LogP contribution in [-0.2, 0) is 16.5 Å². The van der Waals surface area contributed by atoms with E-state index in [2.05, 4.69) is 60.4 Å². The summed E-state index contributed by atoms with van der Waals surface area (Å²) in [7, 11) is 3.68. The van der Waals surface area contributed by atoms with Gasteiger partial charge in [0.05, 0.1) is 20.9 Å². The van der Waals surface area contributed by atoms with E-state index < -0.39 is 7.15 Å². The van der Waals surface area contributed by atoms with E-state index in [1.54, 1.807) is 21.3 Å². The van der Waals surface area contributed by atoms with E-state index in [0.717, 1.165) is 0 Å². The molecule has 0 aliphatic carbocycles. The van der Waals surface area contributed by atoms with Gasteiger partial charge in [-0.2, -0.15) is 12.6 Å². The number of hydrogen-bond acceptors (Lipinski definition) is 9. The molecule has 4 aromatic rings. The molecular formula is C20H31Cl2FILiN8O4S. The summed E-state index contributed by atoms with van der Waals surface area (Å²) in [5, 5.41) is 8.15. The van der Waals surface area contributed by atoms with Crippen LogP contribution in [0, 0.1) is 0 Å². The molecule has 2 atom stereocenters. The maximum absolute atomic E-state index is 11.8. The van der Waals surface area contributed by atoms with Crippen LogP contribution in [0.2, 0.25) is 10.6 Å². The summed E-state index contributed by atoms with van der Waals surface area (Å²) in [5.74, 6) is 1.10. The molecule has 0 bridgehead atoms. The Balaban J connectivity index is -0.000000542. The number of imidazole rings is 2. The number of fused-ring (bicyclic) bond motifs is 2. The molecule has 0 aliphatic rings. The first-order valence-electron chi connectivity index (χ1n) is 11.4. The van der Waals surface area contributed by atoms with Crippen LogP contribution in [0.5, 0.6) is 0 Å². The molecule has 0 fully saturated rings. The fourth-order valence-corrected chi connectivity index (χ4v) is 2.99. The van der Waals surface area contributed by atoms with Crippen molar-refractivity contribution in [2.24, 2.45) is 7.05 Å². The van der Waals surface area contributed by atoms with Crippen molar-refractivity contribution >= 4 is 69.5 Å². The molecule has 2 unspecified atom stereocenters. The number of rotatable bonds is 4. The summed E-state index contributed by atoms with van der Waals surface area (Å²) in [6.07, 6.45) is 2.60. The molecule has 4 heterocycles. The third-order valence-electron chi connectivity index (χ3n) is 4.58. The molecule has 1 N–H and O–H groups in total. The number of alkyl halides is 2. The Morgan fingerprint density at radius 3 is 1.95 bits per heavy atom. The molecule has 12 nitrogen and oxygen atoms in total. The Labute approximate surface area is 264 Å². The molecule has 210 valence electrons. The molecule has 0 spiro atoms. The first kappa shape index (κ1) is 34.8. The molecule has 0 aliphatic heterocycles. The number of aromatic nitrogens is 8. The van der Waals surface area contributed by atoms with Crippen LogP contribution < -0.4 is 30.0 Å². The zero-order valence-electron chi connectivity index (χ0n) is 24.9. The molecule has 4 aromatic heterocycles. The monoisotopic (exact) mass is 704 g/mol. The largest absolute Gasteiger partial charge is 1.00 e. The van der Waals surface area contributed by atoms with Crippen LogP contribution in [0.3, 0.4) is 0 Å². The van der Waals surface area contributed by atoms with Gasteiger partial charge in [0, 0.05) is 22.6 Å². The molecule has 0 saturated carbocycles. The van der Waals surface area contributed by atoms with Gasteiger partial charge in [-0.15, -0.1) is 10.2 Å². The summed E-state index contributed by atoms with van der Waals surface area (Å²) >= 11 is 17.1. The number of H-pyrrole nitrogens is 1. The Kier molecular flexibility index (Phi) is 18.2. The van der Waals surface area contributed by atoms with Crippen LogP contribution in [0.1, 0.15) is 41.9 Å². The second kappa shape index (κ2) is 19.8. The van der Waals surface area contributed by atoms with Gasteiger partial charge < -0.3 is 10.9 Å². The van der Waals surface area contributed by atoms with Crippen molar-refractivity contribution in [2.75, 3.05) is 32.5 Å². The normalized spacial score (nSPS) is 12.0. The van der Waals surface area contributed by atoms with Gasteiger partial charge >= 0.3 is 18.9 Å². The number of ether oxygens (including phenoxy) is 2. The minimum atomic E-state index is -1.00. The van der Waals surface area contributed by atoms with E-state index in [-0.39, 0.29) is 60.4 Å². The molecule has 18 heteroatoms. The summed E-state index contributed by atoms with van der Waals surface area (Å²) in [4.78, 5) is 35.8. The maximum atomic E-state index is 11.8. The summed E-state index contributed by atoms with van der Waals surface area (Å²) in [6, 6.07) is 0. The number of hydrogen-bond donors (Lipinski definition) is 2. The van der Waals surface area contributed by atoms with E-state index in [0.29, 0.717) is 22.7 Å². The first-order valence-corrected chi connectivity index (χ1v) is 13.5. The van der Waals surface area contributed by atoms with Crippen LogP contribution in [0.25, 0.3) is 11.0 Å². The third kappa shape index (κ3) is 9.47. The molecular weight excluding hydrogens is 672 g/mol. The van der Waals surface area contributed by atoms with Gasteiger partial charge in [0.15, 0.2) is 22.7 Å². The number of nitrogens with one attached hydrogen (secondary N) is 1. The SMILES string of the molecule is CI.COC(C)c1ncc2c(=O)[nH]c(Cl)nn12.COC(C)c1ncc2c(=O)n(C)c(Cl)nn12.[2H]CF.[2H]CS.[H-].[Li+]. The Hall–Kier alpha value is -1.19. The van der Waals surface area contributed by atoms with Crippen molar-refractivity contribution in [3.63, 3.8) is 0 Å². The van der Waals surface area contributed by atoms with Crippen molar-refractivity contribution < 1.29 is 36.9 Å². The van der Waals surface area contributed by atoms with E-state index in [4.69, 9.17) is 35.4 Å². The average molecular weight is 705 g/mol. The van der Waals surface area contributed by atoms with Gasteiger partial charge in [0.2, 0.25) is 10.6 Å². The quantitative estimate of drug-likeness (QED) is 0.138. The molecule has 0 amide bonds. The first-order chi connectivity index (χ1) is 18.5.